The van der Waals surface area contributed by atoms with Crippen LogP contribution in [0.25, 0.3) is 6.08 Å². The van der Waals surface area contributed by atoms with E-state index in [0.717, 1.165) is 0 Å². The van der Waals surface area contributed by atoms with Gasteiger partial charge in [-0.05, 0) is 30.3 Å². The zero-order valence-electron chi connectivity index (χ0n) is 13.1. The summed E-state index contributed by atoms with van der Waals surface area (Å²) in [5.74, 6) is 1.24. The third-order valence-electron chi connectivity index (χ3n) is 4.56. The Hall–Kier alpha value is -2.82. The highest BCUT2D eigenvalue weighted by Crippen LogP contribution is 2.38. The van der Waals surface area contributed by atoms with Crippen molar-refractivity contribution in [3.63, 3.8) is 0 Å². The lowest BCUT2D eigenvalue weighted by atomic mass is 9.89. The molecule has 1 saturated heterocycles. The first-order chi connectivity index (χ1) is 11.7. The van der Waals surface area contributed by atoms with Crippen LogP contribution in [0.2, 0.25) is 0 Å². The molecule has 0 bridgehead atoms. The van der Waals surface area contributed by atoms with E-state index in [2.05, 4.69) is 0 Å². The fourth-order valence-electron chi connectivity index (χ4n) is 3.35. The van der Waals surface area contributed by atoms with E-state index >= 15 is 0 Å². The van der Waals surface area contributed by atoms with E-state index in [1.165, 1.54) is 6.08 Å². The standard InChI is InChI=1S/C19H17NO4/c21-16-12-19(24-17-6-2-1-5-15(16)17)9-10-20(13-19)18(22)8-7-14-4-3-11-23-14/h1-8,11H,9-10,12-13H2/b8-7+. The van der Waals surface area contributed by atoms with Crippen LogP contribution in [0, 0.1) is 0 Å². The summed E-state index contributed by atoms with van der Waals surface area (Å²) in [6, 6.07) is 10.9. The van der Waals surface area contributed by atoms with Crippen LogP contribution in [0.3, 0.4) is 0 Å². The average molecular weight is 323 g/mol. The van der Waals surface area contributed by atoms with Gasteiger partial charge in [0, 0.05) is 19.0 Å². The van der Waals surface area contributed by atoms with E-state index in [1.807, 2.05) is 18.2 Å². The molecule has 2 aromatic rings. The number of nitrogens with zero attached hydrogens (tertiary/aromatic N) is 1. The molecule has 5 nitrogen and oxygen atoms in total. The number of amides is 1. The molecule has 3 heterocycles. The van der Waals surface area contributed by atoms with Gasteiger partial charge in [0.2, 0.25) is 5.91 Å². The molecule has 1 spiro atoms. The number of carbonyl (C=O) groups excluding carboxylic acids is 2. The maximum Gasteiger partial charge on any atom is 0.246 e. The summed E-state index contributed by atoms with van der Waals surface area (Å²) in [6.07, 6.45) is 5.68. The van der Waals surface area contributed by atoms with Crippen LogP contribution in [0.1, 0.15) is 29.0 Å². The van der Waals surface area contributed by atoms with E-state index in [9.17, 15) is 9.59 Å². The normalized spacial score (nSPS) is 22.8. The van der Waals surface area contributed by atoms with Crippen molar-refractivity contribution in [1.29, 1.82) is 0 Å². The van der Waals surface area contributed by atoms with Gasteiger partial charge in [0.25, 0.3) is 0 Å². The number of ether oxygens (including phenoxy) is 1. The predicted molar refractivity (Wildman–Crippen MR) is 87.7 cm³/mol. The molecule has 4 rings (SSSR count). The predicted octanol–water partition coefficient (Wildman–Crippen LogP) is 2.93. The quantitative estimate of drug-likeness (QED) is 0.797. The number of para-hydroxylation sites is 1. The van der Waals surface area contributed by atoms with Crippen molar-refractivity contribution in [2.75, 3.05) is 13.1 Å². The van der Waals surface area contributed by atoms with Gasteiger partial charge in [-0.3, -0.25) is 9.59 Å². The summed E-state index contributed by atoms with van der Waals surface area (Å²) < 4.78 is 11.3. The van der Waals surface area contributed by atoms with Gasteiger partial charge in [-0.2, -0.15) is 0 Å². The topological polar surface area (TPSA) is 59.8 Å². The van der Waals surface area contributed by atoms with Gasteiger partial charge in [-0.15, -0.1) is 0 Å². The highest BCUT2D eigenvalue weighted by Gasteiger charge is 2.46. The number of hydrogen-bond acceptors (Lipinski definition) is 4. The van der Waals surface area contributed by atoms with Gasteiger partial charge in [0.1, 0.15) is 17.1 Å². The van der Waals surface area contributed by atoms with E-state index in [4.69, 9.17) is 9.15 Å². The van der Waals surface area contributed by atoms with Crippen molar-refractivity contribution in [2.24, 2.45) is 0 Å². The molecule has 1 aromatic heterocycles. The van der Waals surface area contributed by atoms with Crippen molar-refractivity contribution in [3.8, 4) is 5.75 Å². The molecular weight excluding hydrogens is 306 g/mol. The lowest BCUT2D eigenvalue weighted by molar-refractivity contribution is -0.125. The number of likely N-dealkylation sites (tertiary alicyclic amines) is 1. The molecule has 1 unspecified atom stereocenters. The van der Waals surface area contributed by atoms with Crippen molar-refractivity contribution in [3.05, 3.63) is 60.1 Å². The molecule has 1 atom stereocenters. The third kappa shape index (κ3) is 2.62. The van der Waals surface area contributed by atoms with Gasteiger partial charge in [0.05, 0.1) is 24.8 Å². The summed E-state index contributed by atoms with van der Waals surface area (Å²) in [6.45, 7) is 1.01. The Labute approximate surface area is 139 Å². The number of furan rings is 1. The summed E-state index contributed by atoms with van der Waals surface area (Å²) in [4.78, 5) is 26.5. The maximum atomic E-state index is 12.4. The number of rotatable bonds is 2. The number of hydrogen-bond donors (Lipinski definition) is 0. The zero-order chi connectivity index (χ0) is 16.6. The highest BCUT2D eigenvalue weighted by atomic mass is 16.5. The van der Waals surface area contributed by atoms with Crippen molar-refractivity contribution < 1.29 is 18.7 Å². The maximum absolute atomic E-state index is 12.4. The third-order valence-corrected chi connectivity index (χ3v) is 4.56. The molecule has 0 radical (unpaired) electrons. The van der Waals surface area contributed by atoms with Crippen LogP contribution in [-0.4, -0.2) is 35.3 Å². The van der Waals surface area contributed by atoms with Crippen molar-refractivity contribution in [2.45, 2.75) is 18.4 Å². The number of ketones is 1. The molecule has 0 saturated carbocycles. The van der Waals surface area contributed by atoms with Crippen LogP contribution in [-0.2, 0) is 4.79 Å². The van der Waals surface area contributed by atoms with Gasteiger partial charge < -0.3 is 14.1 Å². The number of carbonyl (C=O) groups is 2. The first kappa shape index (κ1) is 14.8. The Morgan fingerprint density at radius 1 is 1.21 bits per heavy atom. The van der Waals surface area contributed by atoms with Crippen LogP contribution in [0.15, 0.2) is 53.2 Å². The molecule has 0 aliphatic carbocycles. The second kappa shape index (κ2) is 5.67. The van der Waals surface area contributed by atoms with E-state index in [1.54, 1.807) is 35.4 Å². The first-order valence-corrected chi connectivity index (χ1v) is 7.97. The fourth-order valence-corrected chi connectivity index (χ4v) is 3.35. The highest BCUT2D eigenvalue weighted by molar-refractivity contribution is 6.00. The van der Waals surface area contributed by atoms with Crippen LogP contribution >= 0.6 is 0 Å². The minimum Gasteiger partial charge on any atom is -0.484 e. The van der Waals surface area contributed by atoms with Gasteiger partial charge in [-0.25, -0.2) is 0 Å². The smallest absolute Gasteiger partial charge is 0.246 e. The lowest BCUT2D eigenvalue weighted by Gasteiger charge is -2.34. The van der Waals surface area contributed by atoms with E-state index in [-0.39, 0.29) is 11.7 Å². The summed E-state index contributed by atoms with van der Waals surface area (Å²) in [7, 11) is 0. The largest absolute Gasteiger partial charge is 0.484 e. The van der Waals surface area contributed by atoms with Crippen molar-refractivity contribution >= 4 is 17.8 Å². The Morgan fingerprint density at radius 3 is 2.92 bits per heavy atom. The molecule has 1 fully saturated rings. The van der Waals surface area contributed by atoms with Crippen LogP contribution < -0.4 is 4.74 Å². The minimum atomic E-state index is -0.598. The average Bonchev–Trinajstić information content (AvgIpc) is 3.23. The Balaban J connectivity index is 1.48. The molecular formula is C19H17NO4. The first-order valence-electron chi connectivity index (χ1n) is 7.97. The SMILES string of the molecule is O=C1CC2(CCN(C(=O)/C=C/c3ccco3)C2)Oc2ccccc21. The fraction of sp³-hybridized carbons (Fsp3) is 0.263. The number of Topliss-reactive ketones (excluding diaryl/α,β-unsaturated/α-hetero) is 1. The summed E-state index contributed by atoms with van der Waals surface area (Å²) >= 11 is 0. The Bertz CT molecular complexity index is 809. The van der Waals surface area contributed by atoms with Crippen molar-refractivity contribution in [1.82, 2.24) is 4.90 Å². The molecule has 122 valence electrons. The van der Waals surface area contributed by atoms with E-state index in [0.29, 0.717) is 43.0 Å². The number of fused-ring (bicyclic) bond motifs is 1. The Morgan fingerprint density at radius 2 is 2.08 bits per heavy atom. The van der Waals surface area contributed by atoms with Crippen LogP contribution in [0.5, 0.6) is 5.75 Å². The number of benzene rings is 1. The van der Waals surface area contributed by atoms with Gasteiger partial charge in [-0.1, -0.05) is 12.1 Å². The second-order valence-electron chi connectivity index (χ2n) is 6.24. The summed E-state index contributed by atoms with van der Waals surface area (Å²) in [5, 5.41) is 0. The molecule has 0 N–H and O–H groups in total. The Kier molecular flexibility index (Phi) is 3.49. The van der Waals surface area contributed by atoms with Gasteiger partial charge >= 0.3 is 0 Å². The molecule has 2 aliphatic rings. The van der Waals surface area contributed by atoms with E-state index < -0.39 is 5.60 Å². The summed E-state index contributed by atoms with van der Waals surface area (Å²) in [5.41, 5.74) is 0.0326. The molecule has 1 aromatic carbocycles. The second-order valence-corrected chi connectivity index (χ2v) is 6.24. The zero-order valence-corrected chi connectivity index (χ0v) is 13.1. The molecule has 2 aliphatic heterocycles. The monoisotopic (exact) mass is 323 g/mol. The molecule has 5 heteroatoms. The van der Waals surface area contributed by atoms with Crippen LogP contribution in [0.4, 0.5) is 0 Å². The molecule has 24 heavy (non-hydrogen) atoms. The lowest BCUT2D eigenvalue weighted by Crippen LogP contribution is -2.45. The van der Waals surface area contributed by atoms with Gasteiger partial charge in [0.15, 0.2) is 5.78 Å². The minimum absolute atomic E-state index is 0.0808. The molecule has 1 amide bonds.